The van der Waals surface area contributed by atoms with Gasteiger partial charge >= 0.3 is 16.0 Å². The second-order valence-electron chi connectivity index (χ2n) is 5.72. The van der Waals surface area contributed by atoms with E-state index in [1.807, 2.05) is 0 Å². The Balaban J connectivity index is 1.64. The molecule has 0 aromatic carbocycles. The van der Waals surface area contributed by atoms with E-state index in [9.17, 15) is 19.4 Å². The van der Waals surface area contributed by atoms with Crippen LogP contribution in [0.25, 0.3) is 11.2 Å². The molecule has 2 fully saturated rings. The standard InChI is InChI=1S/C10H13N5O10P2/c11-10-13-7-4(8(17)14-10)12-2-15(7)9-5(16)6-3(23-9)1-22-27(21,24-6)25-26(18,19)20/h2-3,5-6,9,16H,1H2,(H2,18,19,20)(H3,11,13,14,17)/t3-,5-,6-,9-,27?/m1/s1. The summed E-state index contributed by atoms with van der Waals surface area (Å²) in [5.41, 5.74) is 4.89. The molecule has 0 radical (unpaired) electrons. The zero-order valence-corrected chi connectivity index (χ0v) is 14.9. The van der Waals surface area contributed by atoms with Crippen molar-refractivity contribution in [2.75, 3.05) is 12.3 Å². The number of anilines is 1. The first-order chi connectivity index (χ1) is 12.6. The van der Waals surface area contributed by atoms with Crippen LogP contribution >= 0.6 is 16.0 Å². The average molecular weight is 425 g/mol. The summed E-state index contributed by atoms with van der Waals surface area (Å²) in [5, 5.41) is 10.5. The van der Waals surface area contributed by atoms with Crippen LogP contribution in [0.2, 0.25) is 0 Å². The molecule has 15 nitrogen and oxygen atoms in total. The van der Waals surface area contributed by atoms with Gasteiger partial charge in [-0.05, 0) is 0 Å². The van der Waals surface area contributed by atoms with Gasteiger partial charge in [-0.15, -0.1) is 0 Å². The zero-order valence-electron chi connectivity index (χ0n) is 13.1. The lowest BCUT2D eigenvalue weighted by Crippen LogP contribution is -2.43. The van der Waals surface area contributed by atoms with Crippen molar-refractivity contribution in [3.63, 3.8) is 0 Å². The van der Waals surface area contributed by atoms with Gasteiger partial charge in [0.25, 0.3) is 5.56 Å². The summed E-state index contributed by atoms with van der Waals surface area (Å²) in [5.74, 6) is -0.182. The molecule has 4 rings (SSSR count). The Hall–Kier alpha value is -1.51. The highest BCUT2D eigenvalue weighted by Crippen LogP contribution is 2.67. The van der Waals surface area contributed by atoms with Crippen LogP contribution in [0.1, 0.15) is 6.23 Å². The number of aliphatic hydroxyl groups excluding tert-OH is 1. The number of ether oxygens (including phenoxy) is 1. The van der Waals surface area contributed by atoms with E-state index < -0.39 is 52.7 Å². The summed E-state index contributed by atoms with van der Waals surface area (Å²) in [6.07, 6.45) is -3.71. The molecule has 2 aromatic heterocycles. The van der Waals surface area contributed by atoms with Gasteiger partial charge in [0.2, 0.25) is 5.95 Å². The summed E-state index contributed by atoms with van der Waals surface area (Å²) < 4.78 is 31.5. The zero-order chi connectivity index (χ0) is 19.6. The van der Waals surface area contributed by atoms with E-state index >= 15 is 0 Å². The van der Waals surface area contributed by atoms with Gasteiger partial charge < -0.3 is 30.3 Å². The highest BCUT2D eigenvalue weighted by Gasteiger charge is 2.58. The van der Waals surface area contributed by atoms with Crippen LogP contribution in [0, 0.1) is 0 Å². The number of aromatic nitrogens is 4. The molecule has 2 aliphatic rings. The van der Waals surface area contributed by atoms with Crippen LogP contribution in [-0.4, -0.2) is 59.3 Å². The van der Waals surface area contributed by atoms with E-state index in [1.54, 1.807) is 0 Å². The Morgan fingerprint density at radius 2 is 2.26 bits per heavy atom. The van der Waals surface area contributed by atoms with Gasteiger partial charge in [-0.25, -0.2) is 9.55 Å². The Morgan fingerprint density at radius 1 is 1.52 bits per heavy atom. The highest BCUT2D eigenvalue weighted by atomic mass is 31.3. The molecule has 148 valence electrons. The maximum Gasteiger partial charge on any atom is 0.508 e. The molecular weight excluding hydrogens is 412 g/mol. The van der Waals surface area contributed by atoms with Crippen LogP contribution in [0.15, 0.2) is 11.1 Å². The molecule has 0 aliphatic carbocycles. The van der Waals surface area contributed by atoms with Gasteiger partial charge in [-0.2, -0.15) is 14.0 Å². The number of hydrogen-bond acceptors (Lipinski definition) is 11. The fourth-order valence-electron chi connectivity index (χ4n) is 2.86. The summed E-state index contributed by atoms with van der Waals surface area (Å²) in [6, 6.07) is 0. The monoisotopic (exact) mass is 425 g/mol. The number of nitrogens with one attached hydrogen (secondary N) is 1. The largest absolute Gasteiger partial charge is 0.605 e. The number of hydrogen-bond donors (Lipinski definition) is 5. The third-order valence-electron chi connectivity index (χ3n) is 3.89. The highest BCUT2D eigenvalue weighted by molar-refractivity contribution is 7.64. The van der Waals surface area contributed by atoms with E-state index in [0.717, 1.165) is 0 Å². The molecule has 27 heavy (non-hydrogen) atoms. The van der Waals surface area contributed by atoms with Crippen molar-refractivity contribution >= 4 is 33.1 Å². The number of H-pyrrole nitrogens is 1. The number of phosphoric acid groups is 2. The van der Waals surface area contributed by atoms with Gasteiger partial charge in [0, 0.05) is 0 Å². The van der Waals surface area contributed by atoms with Crippen molar-refractivity contribution in [1.82, 2.24) is 19.5 Å². The Bertz CT molecular complexity index is 990. The van der Waals surface area contributed by atoms with Gasteiger partial charge in [-0.1, -0.05) is 4.31 Å². The number of imidazole rings is 1. The van der Waals surface area contributed by atoms with E-state index in [1.165, 1.54) is 10.9 Å². The SMILES string of the molecule is Nc1nc2c(ncn2[C@@H]2O[C@@H]3CO[P+]([O-])(OP(=O)(O)O)O[C@H]3[C@H]2O)c(=O)[nH]1. The third kappa shape index (κ3) is 3.39. The fraction of sp³-hybridized carbons (Fsp3) is 0.500. The molecule has 0 saturated carbocycles. The Kier molecular flexibility index (Phi) is 4.36. The molecule has 5 atom stereocenters. The van der Waals surface area contributed by atoms with Crippen molar-refractivity contribution in [2.24, 2.45) is 0 Å². The van der Waals surface area contributed by atoms with Crippen molar-refractivity contribution in [1.29, 1.82) is 0 Å². The maximum absolute atomic E-state index is 12.2. The summed E-state index contributed by atoms with van der Waals surface area (Å²) in [4.78, 5) is 51.8. The number of nitrogens with two attached hydrogens (primary N) is 1. The molecule has 17 heteroatoms. The first-order valence-electron chi connectivity index (χ1n) is 7.32. The first kappa shape index (κ1) is 18.8. The van der Waals surface area contributed by atoms with Crippen LogP contribution in [0.5, 0.6) is 0 Å². The van der Waals surface area contributed by atoms with Gasteiger partial charge in [0.1, 0.15) is 18.8 Å². The quantitative estimate of drug-likeness (QED) is 0.321. The lowest BCUT2D eigenvalue weighted by atomic mass is 10.1. The molecule has 0 amide bonds. The average Bonchev–Trinajstić information content (AvgIpc) is 3.07. The van der Waals surface area contributed by atoms with Crippen LogP contribution in [0.4, 0.5) is 5.95 Å². The normalized spacial score (nSPS) is 34.1. The lowest BCUT2D eigenvalue weighted by Gasteiger charge is -2.33. The lowest BCUT2D eigenvalue weighted by molar-refractivity contribution is -0.261. The Morgan fingerprint density at radius 3 is 2.96 bits per heavy atom. The molecule has 4 heterocycles. The molecule has 6 N–H and O–H groups in total. The van der Waals surface area contributed by atoms with Crippen LogP contribution in [-0.2, 0) is 22.7 Å². The minimum absolute atomic E-state index is 0.0227. The van der Waals surface area contributed by atoms with Gasteiger partial charge in [-0.3, -0.25) is 14.3 Å². The van der Waals surface area contributed by atoms with Gasteiger partial charge in [0.05, 0.1) is 6.33 Å². The molecule has 2 saturated heterocycles. The summed E-state index contributed by atoms with van der Waals surface area (Å²) >= 11 is 0. The van der Waals surface area contributed by atoms with Crippen LogP contribution < -0.4 is 16.2 Å². The first-order valence-corrected chi connectivity index (χ1v) is 10.3. The molecule has 2 aliphatic heterocycles. The minimum Gasteiger partial charge on any atom is -0.605 e. The maximum atomic E-state index is 12.2. The molecular formula is C10H13N5O10P2. The number of aliphatic hydroxyl groups is 1. The smallest absolute Gasteiger partial charge is 0.508 e. The fourth-order valence-corrected chi connectivity index (χ4v) is 5.19. The van der Waals surface area contributed by atoms with E-state index in [2.05, 4.69) is 19.3 Å². The minimum atomic E-state index is -5.18. The number of aromatic amines is 1. The molecule has 1 unspecified atom stereocenters. The van der Waals surface area contributed by atoms with Gasteiger partial charge in [0.15, 0.2) is 23.5 Å². The predicted molar refractivity (Wildman–Crippen MR) is 83.4 cm³/mol. The van der Waals surface area contributed by atoms with E-state index in [-0.39, 0.29) is 17.1 Å². The Labute approximate surface area is 149 Å². The van der Waals surface area contributed by atoms with E-state index in [0.29, 0.717) is 0 Å². The number of nitrogen functional groups attached to an aromatic ring is 1. The predicted octanol–water partition coefficient (Wildman–Crippen LogP) is -2.48. The molecule has 2 aromatic rings. The number of nitrogens with zero attached hydrogens (tertiary/aromatic N) is 3. The second-order valence-corrected chi connectivity index (χ2v) is 8.71. The van der Waals surface area contributed by atoms with Crippen molar-refractivity contribution in [2.45, 2.75) is 24.5 Å². The summed E-state index contributed by atoms with van der Waals surface area (Å²) in [7, 11) is -9.80. The van der Waals surface area contributed by atoms with Crippen molar-refractivity contribution < 1.29 is 42.4 Å². The molecule has 0 spiro atoms. The number of fused-ring (bicyclic) bond motifs is 2. The second kappa shape index (κ2) is 6.25. The third-order valence-corrected chi connectivity index (χ3v) is 6.51. The van der Waals surface area contributed by atoms with Crippen molar-refractivity contribution in [3.8, 4) is 0 Å². The number of phosphoric ester groups is 1. The van der Waals surface area contributed by atoms with Crippen molar-refractivity contribution in [3.05, 3.63) is 16.7 Å². The van der Waals surface area contributed by atoms with E-state index in [4.69, 9.17) is 29.3 Å². The van der Waals surface area contributed by atoms with Crippen LogP contribution in [0.3, 0.4) is 0 Å². The molecule has 0 bridgehead atoms. The topological polar surface area (TPSA) is 227 Å². The number of rotatable bonds is 3. The summed E-state index contributed by atoms with van der Waals surface area (Å²) in [6.45, 7) is -0.432.